The van der Waals surface area contributed by atoms with Crippen LogP contribution in [0.15, 0.2) is 48.5 Å². The zero-order valence-corrected chi connectivity index (χ0v) is 13.1. The Morgan fingerprint density at radius 2 is 1.73 bits per heavy atom. The molecule has 0 N–H and O–H groups in total. The number of aryl methyl sites for hydroxylation is 1. The minimum absolute atomic E-state index is 0.0864. The van der Waals surface area contributed by atoms with Gasteiger partial charge in [-0.3, -0.25) is 9.69 Å². The first-order valence-corrected chi connectivity index (χ1v) is 7.84. The second-order valence-electron chi connectivity index (χ2n) is 5.91. The van der Waals surface area contributed by atoms with Crippen molar-refractivity contribution in [3.05, 3.63) is 65.2 Å². The summed E-state index contributed by atoms with van der Waals surface area (Å²) in [5.41, 5.74) is 4.55. The van der Waals surface area contributed by atoms with Gasteiger partial charge in [0.05, 0.1) is 5.69 Å². The van der Waals surface area contributed by atoms with Crippen LogP contribution >= 0.6 is 12.2 Å². The van der Waals surface area contributed by atoms with Gasteiger partial charge in [-0.15, -0.1) is 0 Å². The molecule has 0 saturated carbocycles. The number of benzene rings is 2. The van der Waals surface area contributed by atoms with Gasteiger partial charge in [-0.25, -0.2) is 0 Å². The number of thiocarbonyl (C=S) groups is 1. The number of hydrogen-bond acceptors (Lipinski definition) is 2. The van der Waals surface area contributed by atoms with Gasteiger partial charge in [-0.2, -0.15) is 0 Å². The number of rotatable bonds is 1. The van der Waals surface area contributed by atoms with Crippen LogP contribution in [0.2, 0.25) is 0 Å². The van der Waals surface area contributed by atoms with Crippen molar-refractivity contribution >= 4 is 28.9 Å². The number of fused-ring (bicyclic) bond motifs is 2. The summed E-state index contributed by atoms with van der Waals surface area (Å²) in [6.07, 6.45) is 0.734. The van der Waals surface area contributed by atoms with Crippen molar-refractivity contribution in [3.63, 3.8) is 0 Å². The summed E-state index contributed by atoms with van der Waals surface area (Å²) >= 11 is 5.59. The zero-order valence-electron chi connectivity index (χ0n) is 12.3. The zero-order chi connectivity index (χ0) is 15.3. The van der Waals surface area contributed by atoms with Crippen molar-refractivity contribution in [2.75, 3.05) is 4.90 Å². The lowest BCUT2D eigenvalue weighted by Crippen LogP contribution is -2.39. The average Bonchev–Trinajstić information content (AvgIpc) is 2.78. The fourth-order valence-electron chi connectivity index (χ4n) is 3.25. The Labute approximate surface area is 135 Å². The predicted octanol–water partition coefficient (Wildman–Crippen LogP) is 3.05. The maximum absolute atomic E-state index is 12.8. The quantitative estimate of drug-likeness (QED) is 0.757. The molecule has 4 heteroatoms. The van der Waals surface area contributed by atoms with E-state index in [0.29, 0.717) is 11.7 Å². The monoisotopic (exact) mass is 308 g/mol. The molecular formula is C18H16N2OS. The Bertz CT molecular complexity index is 726. The molecule has 0 radical (unpaired) electrons. The van der Waals surface area contributed by atoms with Crippen molar-refractivity contribution in [2.24, 2.45) is 0 Å². The van der Waals surface area contributed by atoms with Crippen LogP contribution in [0.1, 0.15) is 16.7 Å². The number of carbonyl (C=O) groups is 1. The molecule has 1 unspecified atom stereocenters. The van der Waals surface area contributed by atoms with Crippen LogP contribution in [0.5, 0.6) is 0 Å². The molecule has 1 fully saturated rings. The van der Waals surface area contributed by atoms with Crippen molar-refractivity contribution in [1.29, 1.82) is 0 Å². The van der Waals surface area contributed by atoms with E-state index in [4.69, 9.17) is 12.2 Å². The third-order valence-corrected chi connectivity index (χ3v) is 4.90. The minimum atomic E-state index is -0.163. The van der Waals surface area contributed by atoms with E-state index in [9.17, 15) is 4.79 Å². The molecule has 1 amide bonds. The normalized spacial score (nSPS) is 20.1. The second kappa shape index (κ2) is 4.92. The van der Waals surface area contributed by atoms with E-state index < -0.39 is 0 Å². The molecule has 0 aliphatic carbocycles. The number of anilines is 1. The predicted molar refractivity (Wildman–Crippen MR) is 90.7 cm³/mol. The van der Waals surface area contributed by atoms with E-state index in [1.807, 2.05) is 43.3 Å². The standard InChI is InChI=1S/C18H16N2OS/c1-12-6-8-15(9-7-12)20-17(21)16-10-13-4-2-3-5-14(13)11-19(16)18(20)22/h2-9,16H,10-11H2,1H3. The van der Waals surface area contributed by atoms with Gasteiger partial charge in [0.1, 0.15) is 6.04 Å². The van der Waals surface area contributed by atoms with E-state index in [-0.39, 0.29) is 11.9 Å². The smallest absolute Gasteiger partial charge is 0.256 e. The van der Waals surface area contributed by atoms with Crippen LogP contribution in [0.4, 0.5) is 5.69 Å². The van der Waals surface area contributed by atoms with E-state index in [0.717, 1.165) is 12.1 Å². The molecule has 2 heterocycles. The molecule has 0 aromatic heterocycles. The molecule has 0 spiro atoms. The molecule has 1 saturated heterocycles. The number of nitrogens with zero attached hydrogens (tertiary/aromatic N) is 2. The van der Waals surface area contributed by atoms with Gasteiger partial charge < -0.3 is 4.90 Å². The summed E-state index contributed by atoms with van der Waals surface area (Å²) in [6, 6.07) is 16.1. The van der Waals surface area contributed by atoms with Crippen LogP contribution in [-0.2, 0) is 17.8 Å². The number of hydrogen-bond donors (Lipinski definition) is 0. The SMILES string of the molecule is Cc1ccc(N2C(=O)C3Cc4ccccc4CN3C2=S)cc1. The highest BCUT2D eigenvalue weighted by molar-refractivity contribution is 7.80. The van der Waals surface area contributed by atoms with Crippen molar-refractivity contribution in [2.45, 2.75) is 25.9 Å². The van der Waals surface area contributed by atoms with Crippen LogP contribution in [0.25, 0.3) is 0 Å². The summed E-state index contributed by atoms with van der Waals surface area (Å²) in [5, 5.41) is 0.619. The highest BCUT2D eigenvalue weighted by Crippen LogP contribution is 2.33. The van der Waals surface area contributed by atoms with Crippen molar-refractivity contribution in [3.8, 4) is 0 Å². The fraction of sp³-hybridized carbons (Fsp3) is 0.222. The fourth-order valence-corrected chi connectivity index (χ4v) is 3.64. The van der Waals surface area contributed by atoms with E-state index in [1.165, 1.54) is 16.7 Å². The molecule has 4 rings (SSSR count). The van der Waals surface area contributed by atoms with Gasteiger partial charge in [-0.1, -0.05) is 42.0 Å². The summed E-state index contributed by atoms with van der Waals surface area (Å²) in [5.74, 6) is 0.0864. The molecular weight excluding hydrogens is 292 g/mol. The lowest BCUT2D eigenvalue weighted by molar-refractivity contribution is -0.119. The third kappa shape index (κ3) is 1.95. The molecule has 1 atom stereocenters. The Balaban J connectivity index is 1.71. The molecule has 2 aromatic carbocycles. The van der Waals surface area contributed by atoms with E-state index in [2.05, 4.69) is 17.0 Å². The Hall–Kier alpha value is -2.20. The minimum Gasteiger partial charge on any atom is -0.332 e. The third-order valence-electron chi connectivity index (χ3n) is 4.48. The van der Waals surface area contributed by atoms with Crippen LogP contribution in [0, 0.1) is 6.92 Å². The van der Waals surface area contributed by atoms with Gasteiger partial charge in [0.15, 0.2) is 5.11 Å². The summed E-state index contributed by atoms with van der Waals surface area (Å²) < 4.78 is 0. The number of carbonyl (C=O) groups excluding carboxylic acids is 1. The van der Waals surface area contributed by atoms with Gasteiger partial charge in [0, 0.05) is 13.0 Å². The molecule has 110 valence electrons. The van der Waals surface area contributed by atoms with Crippen LogP contribution in [-0.4, -0.2) is 22.0 Å². The second-order valence-corrected chi connectivity index (χ2v) is 6.27. The Morgan fingerprint density at radius 3 is 2.45 bits per heavy atom. The molecule has 22 heavy (non-hydrogen) atoms. The lowest BCUT2D eigenvalue weighted by Gasteiger charge is -2.30. The average molecular weight is 308 g/mol. The molecule has 2 aromatic rings. The highest BCUT2D eigenvalue weighted by Gasteiger charge is 2.45. The van der Waals surface area contributed by atoms with E-state index >= 15 is 0 Å². The summed E-state index contributed by atoms with van der Waals surface area (Å²) in [4.78, 5) is 16.6. The number of amides is 1. The van der Waals surface area contributed by atoms with Crippen molar-refractivity contribution < 1.29 is 4.79 Å². The lowest BCUT2D eigenvalue weighted by atomic mass is 9.95. The first-order valence-electron chi connectivity index (χ1n) is 7.43. The van der Waals surface area contributed by atoms with Gasteiger partial charge in [0.25, 0.3) is 5.91 Å². The Morgan fingerprint density at radius 1 is 1.05 bits per heavy atom. The largest absolute Gasteiger partial charge is 0.332 e. The van der Waals surface area contributed by atoms with Gasteiger partial charge in [-0.05, 0) is 42.4 Å². The first-order chi connectivity index (χ1) is 10.6. The molecule has 2 aliphatic heterocycles. The maximum atomic E-state index is 12.8. The van der Waals surface area contributed by atoms with E-state index in [1.54, 1.807) is 4.90 Å². The van der Waals surface area contributed by atoms with Gasteiger partial charge >= 0.3 is 0 Å². The first kappa shape index (κ1) is 13.5. The molecule has 0 bridgehead atoms. The van der Waals surface area contributed by atoms with Gasteiger partial charge in [0.2, 0.25) is 0 Å². The molecule has 3 nitrogen and oxygen atoms in total. The van der Waals surface area contributed by atoms with Crippen LogP contribution < -0.4 is 4.90 Å². The maximum Gasteiger partial charge on any atom is 0.256 e. The van der Waals surface area contributed by atoms with Crippen molar-refractivity contribution in [1.82, 2.24) is 4.90 Å². The summed E-state index contributed by atoms with van der Waals surface area (Å²) in [7, 11) is 0. The summed E-state index contributed by atoms with van der Waals surface area (Å²) in [6.45, 7) is 2.75. The van der Waals surface area contributed by atoms with Crippen LogP contribution in [0.3, 0.4) is 0 Å². The topological polar surface area (TPSA) is 23.6 Å². The Kier molecular flexibility index (Phi) is 3.01. The molecule has 2 aliphatic rings. The highest BCUT2D eigenvalue weighted by atomic mass is 32.1.